The van der Waals surface area contributed by atoms with Crippen LogP contribution in [0.1, 0.15) is 34.1 Å². The fraction of sp³-hybridized carbons (Fsp3) is 0.833. The summed E-state index contributed by atoms with van der Waals surface area (Å²) in [5.41, 5.74) is 5.43. The van der Waals surface area contributed by atoms with Crippen molar-refractivity contribution in [3.8, 4) is 0 Å². The van der Waals surface area contributed by atoms with Crippen molar-refractivity contribution in [2.45, 2.75) is 40.2 Å². The van der Waals surface area contributed by atoms with Crippen LogP contribution in [0, 0.1) is 17.8 Å². The number of aliphatic carboxylic acids is 1. The average molecular weight is 244 g/mol. The normalized spacial score (nSPS) is 16.4. The lowest BCUT2D eigenvalue weighted by Gasteiger charge is -2.26. The molecule has 0 aromatic heterocycles. The molecule has 3 atom stereocenters. The summed E-state index contributed by atoms with van der Waals surface area (Å²) in [6, 6.07) is -0.560. The Bertz CT molecular complexity index is 264. The molecule has 0 rings (SSSR count). The number of nitrogens with two attached hydrogens (primary N) is 1. The summed E-state index contributed by atoms with van der Waals surface area (Å²) in [5.74, 6) is -0.518. The minimum Gasteiger partial charge on any atom is -0.481 e. The Morgan fingerprint density at radius 1 is 1.24 bits per heavy atom. The zero-order valence-electron chi connectivity index (χ0n) is 11.1. The van der Waals surface area contributed by atoms with Gasteiger partial charge < -0.3 is 16.2 Å². The lowest BCUT2D eigenvalue weighted by atomic mass is 9.83. The second-order valence-electron chi connectivity index (χ2n) is 4.99. The van der Waals surface area contributed by atoms with Gasteiger partial charge in [-0.3, -0.25) is 9.59 Å². The van der Waals surface area contributed by atoms with E-state index in [-0.39, 0.29) is 24.2 Å². The highest BCUT2D eigenvalue weighted by molar-refractivity contribution is 5.81. The van der Waals surface area contributed by atoms with Crippen LogP contribution in [0.2, 0.25) is 0 Å². The number of carbonyl (C=O) groups excluding carboxylic acids is 1. The van der Waals surface area contributed by atoms with Crippen LogP contribution in [0.4, 0.5) is 0 Å². The first-order chi connectivity index (χ1) is 7.75. The Morgan fingerprint density at radius 2 is 1.76 bits per heavy atom. The van der Waals surface area contributed by atoms with Crippen molar-refractivity contribution in [2.24, 2.45) is 23.5 Å². The van der Waals surface area contributed by atoms with Crippen molar-refractivity contribution >= 4 is 11.9 Å². The predicted octanol–water partition coefficient (Wildman–Crippen LogP) is 0.833. The van der Waals surface area contributed by atoms with Crippen LogP contribution in [0.5, 0.6) is 0 Å². The van der Waals surface area contributed by atoms with E-state index >= 15 is 0 Å². The summed E-state index contributed by atoms with van der Waals surface area (Å²) in [7, 11) is 0. The van der Waals surface area contributed by atoms with Gasteiger partial charge in [-0.1, -0.05) is 20.8 Å². The molecular formula is C12H24N2O3. The molecule has 0 saturated heterocycles. The number of amides is 1. The van der Waals surface area contributed by atoms with Gasteiger partial charge in [-0.05, 0) is 24.7 Å². The largest absolute Gasteiger partial charge is 0.481 e. The highest BCUT2D eigenvalue weighted by atomic mass is 16.4. The number of hydrogen-bond donors (Lipinski definition) is 3. The number of carboxylic acids is 1. The molecule has 100 valence electrons. The van der Waals surface area contributed by atoms with Crippen molar-refractivity contribution in [3.63, 3.8) is 0 Å². The maximum absolute atomic E-state index is 11.3. The van der Waals surface area contributed by atoms with E-state index in [1.807, 2.05) is 20.8 Å². The molecule has 0 radical (unpaired) electrons. The summed E-state index contributed by atoms with van der Waals surface area (Å²) in [6.07, 6.45) is 0.0680. The molecule has 1 amide bonds. The van der Waals surface area contributed by atoms with Gasteiger partial charge in [0.1, 0.15) is 0 Å². The molecular weight excluding hydrogens is 220 g/mol. The van der Waals surface area contributed by atoms with Crippen molar-refractivity contribution < 1.29 is 14.7 Å². The fourth-order valence-electron chi connectivity index (χ4n) is 1.61. The van der Waals surface area contributed by atoms with Crippen LogP contribution in [0.25, 0.3) is 0 Å². The van der Waals surface area contributed by atoms with Crippen molar-refractivity contribution in [2.75, 3.05) is 6.54 Å². The molecule has 3 unspecified atom stereocenters. The number of rotatable bonds is 7. The molecule has 5 heteroatoms. The molecule has 0 heterocycles. The molecule has 17 heavy (non-hydrogen) atoms. The molecule has 0 aromatic carbocycles. The first-order valence-electron chi connectivity index (χ1n) is 6.00. The van der Waals surface area contributed by atoms with E-state index < -0.39 is 12.0 Å². The molecule has 0 saturated carbocycles. The highest BCUT2D eigenvalue weighted by Gasteiger charge is 2.23. The van der Waals surface area contributed by atoms with Crippen LogP contribution in [0.15, 0.2) is 0 Å². The van der Waals surface area contributed by atoms with E-state index in [0.29, 0.717) is 12.5 Å². The molecule has 0 spiro atoms. The Labute approximate surface area is 103 Å². The fourth-order valence-corrected chi connectivity index (χ4v) is 1.61. The van der Waals surface area contributed by atoms with Gasteiger partial charge in [0.15, 0.2) is 0 Å². The van der Waals surface area contributed by atoms with Crippen LogP contribution in [-0.4, -0.2) is 29.6 Å². The van der Waals surface area contributed by atoms with Crippen LogP contribution in [0.3, 0.4) is 0 Å². The average Bonchev–Trinajstić information content (AvgIpc) is 2.21. The molecule has 0 aliphatic carbocycles. The van der Waals surface area contributed by atoms with Gasteiger partial charge in [0, 0.05) is 6.54 Å². The topological polar surface area (TPSA) is 92.4 Å². The Kier molecular flexibility index (Phi) is 6.80. The van der Waals surface area contributed by atoms with Crippen molar-refractivity contribution in [1.29, 1.82) is 0 Å². The lowest BCUT2D eigenvalue weighted by Crippen LogP contribution is -2.42. The number of nitrogens with one attached hydrogen (secondary N) is 1. The minimum absolute atomic E-state index is 0.0600. The summed E-state index contributed by atoms with van der Waals surface area (Å²) >= 11 is 0. The second-order valence-corrected chi connectivity index (χ2v) is 4.99. The molecule has 5 nitrogen and oxygen atoms in total. The maximum Gasteiger partial charge on any atom is 0.303 e. The van der Waals surface area contributed by atoms with E-state index in [0.717, 1.165) is 0 Å². The summed E-state index contributed by atoms with van der Waals surface area (Å²) in [6.45, 7) is 8.08. The first-order valence-corrected chi connectivity index (χ1v) is 6.00. The van der Waals surface area contributed by atoms with E-state index in [1.165, 1.54) is 0 Å². The molecule has 0 aromatic rings. The monoisotopic (exact) mass is 244 g/mol. The third kappa shape index (κ3) is 6.26. The molecule has 0 aliphatic heterocycles. The quantitative estimate of drug-likeness (QED) is 0.618. The van der Waals surface area contributed by atoms with E-state index in [1.54, 1.807) is 6.92 Å². The smallest absolute Gasteiger partial charge is 0.303 e. The Hall–Kier alpha value is -1.10. The van der Waals surface area contributed by atoms with Crippen LogP contribution in [-0.2, 0) is 9.59 Å². The SMILES string of the molecule is CC(N)C(=O)NCC(CC(=O)O)C(C)C(C)C. The lowest BCUT2D eigenvalue weighted by molar-refractivity contribution is -0.139. The van der Waals surface area contributed by atoms with Gasteiger partial charge in [0.25, 0.3) is 0 Å². The first kappa shape index (κ1) is 15.9. The zero-order valence-corrected chi connectivity index (χ0v) is 11.1. The molecule has 0 fully saturated rings. The van der Waals surface area contributed by atoms with E-state index in [2.05, 4.69) is 5.32 Å². The zero-order chi connectivity index (χ0) is 13.6. The standard InChI is InChI=1S/C12H24N2O3/c1-7(2)8(3)10(5-11(15)16)6-14-12(17)9(4)13/h7-10H,5-6,13H2,1-4H3,(H,14,17)(H,15,16). The van der Waals surface area contributed by atoms with E-state index in [9.17, 15) is 9.59 Å². The summed E-state index contributed by atoms with van der Waals surface area (Å²) in [4.78, 5) is 22.1. The van der Waals surface area contributed by atoms with E-state index in [4.69, 9.17) is 10.8 Å². The second kappa shape index (κ2) is 7.27. The van der Waals surface area contributed by atoms with Gasteiger partial charge in [0.2, 0.25) is 5.91 Å². The minimum atomic E-state index is -0.836. The van der Waals surface area contributed by atoms with Gasteiger partial charge in [-0.15, -0.1) is 0 Å². The number of carbonyl (C=O) groups is 2. The van der Waals surface area contributed by atoms with Crippen LogP contribution >= 0.6 is 0 Å². The molecule has 0 aliphatic rings. The van der Waals surface area contributed by atoms with Crippen molar-refractivity contribution in [1.82, 2.24) is 5.32 Å². The van der Waals surface area contributed by atoms with Gasteiger partial charge in [-0.2, -0.15) is 0 Å². The van der Waals surface area contributed by atoms with Gasteiger partial charge in [0.05, 0.1) is 12.5 Å². The van der Waals surface area contributed by atoms with Gasteiger partial charge >= 0.3 is 5.97 Å². The van der Waals surface area contributed by atoms with Crippen molar-refractivity contribution in [3.05, 3.63) is 0 Å². The number of hydrogen-bond acceptors (Lipinski definition) is 3. The molecule has 4 N–H and O–H groups in total. The third-order valence-corrected chi connectivity index (χ3v) is 3.18. The molecule has 0 bridgehead atoms. The predicted molar refractivity (Wildman–Crippen MR) is 66.4 cm³/mol. The summed E-state index contributed by atoms with van der Waals surface area (Å²) < 4.78 is 0. The summed E-state index contributed by atoms with van der Waals surface area (Å²) in [5, 5.41) is 11.5. The van der Waals surface area contributed by atoms with Gasteiger partial charge in [-0.25, -0.2) is 0 Å². The highest BCUT2D eigenvalue weighted by Crippen LogP contribution is 2.22. The Morgan fingerprint density at radius 3 is 2.12 bits per heavy atom. The van der Waals surface area contributed by atoms with Crippen LogP contribution < -0.4 is 11.1 Å². The number of carboxylic acid groups (broad SMARTS) is 1. The third-order valence-electron chi connectivity index (χ3n) is 3.18. The Balaban J connectivity index is 4.39. The maximum atomic E-state index is 11.3.